The molecule has 3 nitrogen and oxygen atoms in total. The number of ether oxygens (including phenoxy) is 1. The third-order valence-electron chi connectivity index (χ3n) is 2.22. The van der Waals surface area contributed by atoms with Gasteiger partial charge in [-0.25, -0.2) is 0 Å². The average Bonchev–Trinajstić information content (AvgIpc) is 2.65. The Balaban J connectivity index is 2.61. The molecule has 1 saturated heterocycles. The van der Waals surface area contributed by atoms with E-state index in [9.17, 15) is 4.79 Å². The Kier molecular flexibility index (Phi) is 4.30. The first-order valence-electron chi connectivity index (χ1n) is 4.68. The Bertz CT molecular complexity index is 241. The number of carbonyl (C=O) groups is 1. The smallest absolute Gasteiger partial charge is 0.327 e. The van der Waals surface area contributed by atoms with Crippen molar-refractivity contribution in [1.82, 2.24) is 5.32 Å². The van der Waals surface area contributed by atoms with Gasteiger partial charge in [-0.1, -0.05) is 5.92 Å². The molecular formula is C10H15NO2S. The molecule has 0 aromatic carbocycles. The second-order valence-electron chi connectivity index (χ2n) is 3.16. The van der Waals surface area contributed by atoms with Crippen LogP contribution < -0.4 is 5.32 Å². The van der Waals surface area contributed by atoms with E-state index in [0.717, 1.165) is 17.9 Å². The highest BCUT2D eigenvalue weighted by Crippen LogP contribution is 2.29. The molecule has 1 heterocycles. The molecule has 1 N–H and O–H groups in total. The molecule has 1 fully saturated rings. The van der Waals surface area contributed by atoms with Crippen molar-refractivity contribution in [1.29, 1.82) is 0 Å². The predicted molar refractivity (Wildman–Crippen MR) is 58.1 cm³/mol. The van der Waals surface area contributed by atoms with Gasteiger partial charge in [0.1, 0.15) is 5.54 Å². The highest BCUT2D eigenvalue weighted by Gasteiger charge is 2.42. The van der Waals surface area contributed by atoms with Crippen LogP contribution in [0.5, 0.6) is 0 Å². The summed E-state index contributed by atoms with van der Waals surface area (Å²) in [6.45, 7) is 2.65. The monoisotopic (exact) mass is 213 g/mol. The molecule has 0 aliphatic carbocycles. The van der Waals surface area contributed by atoms with Crippen LogP contribution in [0.1, 0.15) is 13.3 Å². The Morgan fingerprint density at radius 3 is 3.07 bits per heavy atom. The maximum absolute atomic E-state index is 11.7. The second-order valence-corrected chi connectivity index (χ2v) is 4.27. The summed E-state index contributed by atoms with van der Waals surface area (Å²) in [5, 5.41) is 3.10. The van der Waals surface area contributed by atoms with E-state index in [4.69, 9.17) is 11.2 Å². The van der Waals surface area contributed by atoms with Crippen LogP contribution in [-0.2, 0) is 9.53 Å². The lowest BCUT2D eigenvalue weighted by atomic mass is 9.99. The summed E-state index contributed by atoms with van der Waals surface area (Å²) in [6, 6.07) is 0. The molecule has 0 bridgehead atoms. The first-order chi connectivity index (χ1) is 6.75. The summed E-state index contributed by atoms with van der Waals surface area (Å²) in [4.78, 5) is 11.7. The van der Waals surface area contributed by atoms with Crippen molar-refractivity contribution in [3.05, 3.63) is 0 Å². The highest BCUT2D eigenvalue weighted by molar-refractivity contribution is 7.99. The number of esters is 1. The van der Waals surface area contributed by atoms with Gasteiger partial charge in [0.05, 0.1) is 13.2 Å². The van der Waals surface area contributed by atoms with E-state index in [2.05, 4.69) is 11.2 Å². The van der Waals surface area contributed by atoms with E-state index in [1.165, 1.54) is 0 Å². The van der Waals surface area contributed by atoms with Crippen LogP contribution in [0.4, 0.5) is 0 Å². The summed E-state index contributed by atoms with van der Waals surface area (Å²) >= 11 is 1.75. The van der Waals surface area contributed by atoms with Gasteiger partial charge < -0.3 is 4.74 Å². The third kappa shape index (κ3) is 2.43. The van der Waals surface area contributed by atoms with Gasteiger partial charge in [-0.2, -0.15) is 11.8 Å². The van der Waals surface area contributed by atoms with Crippen molar-refractivity contribution in [3.8, 4) is 12.3 Å². The molecule has 4 heteroatoms. The van der Waals surface area contributed by atoms with Gasteiger partial charge in [-0.05, 0) is 19.1 Å². The van der Waals surface area contributed by atoms with E-state index >= 15 is 0 Å². The predicted octanol–water partition coefficient (Wildman–Crippen LogP) is 0.648. The topological polar surface area (TPSA) is 38.3 Å². The van der Waals surface area contributed by atoms with Gasteiger partial charge in [0.25, 0.3) is 0 Å². The Labute approximate surface area is 89.0 Å². The number of nitrogens with one attached hydrogen (secondary N) is 1. The molecule has 1 aliphatic rings. The van der Waals surface area contributed by atoms with E-state index < -0.39 is 5.54 Å². The van der Waals surface area contributed by atoms with Crippen LogP contribution in [0.25, 0.3) is 0 Å². The molecule has 1 aliphatic heterocycles. The zero-order valence-electron chi connectivity index (χ0n) is 8.34. The minimum atomic E-state index is -0.535. The Morgan fingerprint density at radius 1 is 1.79 bits per heavy atom. The van der Waals surface area contributed by atoms with Gasteiger partial charge in [-0.15, -0.1) is 6.42 Å². The SMILES string of the molecule is C#CCNC1(C(=O)OCC)CCSC1. The maximum atomic E-state index is 11.7. The van der Waals surface area contributed by atoms with Crippen LogP contribution in [0.2, 0.25) is 0 Å². The van der Waals surface area contributed by atoms with Crippen molar-refractivity contribution in [3.63, 3.8) is 0 Å². The normalized spacial score (nSPS) is 25.7. The van der Waals surface area contributed by atoms with Gasteiger partial charge >= 0.3 is 5.97 Å². The fraction of sp³-hybridized carbons (Fsp3) is 0.700. The van der Waals surface area contributed by atoms with E-state index in [-0.39, 0.29) is 5.97 Å². The lowest BCUT2D eigenvalue weighted by molar-refractivity contribution is -0.150. The van der Waals surface area contributed by atoms with Gasteiger partial charge in [0.15, 0.2) is 0 Å². The summed E-state index contributed by atoms with van der Waals surface area (Å²) in [6.07, 6.45) is 5.97. The number of terminal acetylenes is 1. The van der Waals surface area contributed by atoms with Crippen LogP contribution >= 0.6 is 11.8 Å². The maximum Gasteiger partial charge on any atom is 0.327 e. The first kappa shape index (κ1) is 11.4. The largest absolute Gasteiger partial charge is 0.465 e. The molecule has 0 aromatic rings. The van der Waals surface area contributed by atoms with Crippen molar-refractivity contribution >= 4 is 17.7 Å². The van der Waals surface area contributed by atoms with E-state index in [1.807, 2.05) is 6.92 Å². The molecule has 14 heavy (non-hydrogen) atoms. The minimum Gasteiger partial charge on any atom is -0.465 e. The Hall–Kier alpha value is -0.660. The number of rotatable bonds is 4. The number of hydrogen-bond donors (Lipinski definition) is 1. The molecule has 0 aromatic heterocycles. The standard InChI is InChI=1S/C10H15NO2S/c1-3-6-11-10(5-7-14-8-10)9(12)13-4-2/h1,11H,4-8H2,2H3. The van der Waals surface area contributed by atoms with Crippen LogP contribution in [0.15, 0.2) is 0 Å². The molecule has 1 rings (SSSR count). The Morgan fingerprint density at radius 2 is 2.57 bits per heavy atom. The molecular weight excluding hydrogens is 198 g/mol. The molecule has 1 atom stereocenters. The quantitative estimate of drug-likeness (QED) is 0.549. The fourth-order valence-electron chi connectivity index (χ4n) is 1.43. The summed E-state index contributed by atoms with van der Waals surface area (Å²) in [5.41, 5.74) is -0.535. The lowest BCUT2D eigenvalue weighted by Gasteiger charge is -2.25. The lowest BCUT2D eigenvalue weighted by Crippen LogP contribution is -2.53. The van der Waals surface area contributed by atoms with Crippen LogP contribution in [0, 0.1) is 12.3 Å². The third-order valence-corrected chi connectivity index (χ3v) is 3.41. The molecule has 0 radical (unpaired) electrons. The average molecular weight is 213 g/mol. The fourth-order valence-corrected chi connectivity index (χ4v) is 2.78. The summed E-state index contributed by atoms with van der Waals surface area (Å²) in [7, 11) is 0. The highest BCUT2D eigenvalue weighted by atomic mass is 32.2. The van der Waals surface area contributed by atoms with Gasteiger partial charge in [0.2, 0.25) is 0 Å². The van der Waals surface area contributed by atoms with E-state index in [0.29, 0.717) is 13.2 Å². The second kappa shape index (κ2) is 5.28. The minimum absolute atomic E-state index is 0.166. The number of thioether (sulfide) groups is 1. The van der Waals surface area contributed by atoms with Crippen molar-refractivity contribution in [2.75, 3.05) is 24.7 Å². The van der Waals surface area contributed by atoms with Crippen molar-refractivity contribution < 1.29 is 9.53 Å². The van der Waals surface area contributed by atoms with E-state index in [1.54, 1.807) is 11.8 Å². The first-order valence-corrected chi connectivity index (χ1v) is 5.84. The van der Waals surface area contributed by atoms with Gasteiger partial charge in [0, 0.05) is 5.75 Å². The number of carbonyl (C=O) groups excluding carboxylic acids is 1. The summed E-state index contributed by atoms with van der Waals surface area (Å²) in [5.74, 6) is 4.06. The molecule has 0 saturated carbocycles. The molecule has 1 unspecified atom stereocenters. The van der Waals surface area contributed by atoms with Gasteiger partial charge in [-0.3, -0.25) is 10.1 Å². The molecule has 0 spiro atoms. The zero-order valence-corrected chi connectivity index (χ0v) is 9.15. The van der Waals surface area contributed by atoms with Crippen LogP contribution in [-0.4, -0.2) is 36.2 Å². The summed E-state index contributed by atoms with van der Waals surface area (Å²) < 4.78 is 5.04. The van der Waals surface area contributed by atoms with Crippen LogP contribution in [0.3, 0.4) is 0 Å². The number of hydrogen-bond acceptors (Lipinski definition) is 4. The van der Waals surface area contributed by atoms with Crippen molar-refractivity contribution in [2.24, 2.45) is 0 Å². The van der Waals surface area contributed by atoms with Crippen molar-refractivity contribution in [2.45, 2.75) is 18.9 Å². The molecule has 78 valence electrons. The molecule has 0 amide bonds. The zero-order chi connectivity index (χ0) is 10.4.